The Labute approximate surface area is 116 Å². The van der Waals surface area contributed by atoms with E-state index in [1.807, 2.05) is 12.1 Å². The van der Waals surface area contributed by atoms with Crippen molar-refractivity contribution in [3.8, 4) is 11.4 Å². The fourth-order valence-corrected chi connectivity index (χ4v) is 2.29. The number of nitrogens with two attached hydrogens (primary N) is 1. The van der Waals surface area contributed by atoms with Crippen LogP contribution in [0.1, 0.15) is 12.0 Å². The van der Waals surface area contributed by atoms with Gasteiger partial charge in [-0.2, -0.15) is 0 Å². The van der Waals surface area contributed by atoms with Gasteiger partial charge in [0.05, 0.1) is 11.0 Å². The topological polar surface area (TPSA) is 54.7 Å². The third-order valence-electron chi connectivity index (χ3n) is 3.31. The molecule has 0 aliphatic rings. The second-order valence-corrected chi connectivity index (χ2v) is 4.84. The predicted octanol–water partition coefficient (Wildman–Crippen LogP) is 3.26. The van der Waals surface area contributed by atoms with Crippen LogP contribution in [0, 0.1) is 5.82 Å². The Kier molecular flexibility index (Phi) is 3.48. The summed E-state index contributed by atoms with van der Waals surface area (Å²) in [6.07, 6.45) is 1.93. The number of aromatic amines is 1. The van der Waals surface area contributed by atoms with Gasteiger partial charge in [-0.1, -0.05) is 18.2 Å². The SMILES string of the molecule is NCCCc1ccc2nc(-c3cccc(F)c3)[nH]c2c1. The molecule has 0 radical (unpaired) electrons. The molecule has 0 atom stereocenters. The fourth-order valence-electron chi connectivity index (χ4n) is 2.29. The summed E-state index contributed by atoms with van der Waals surface area (Å²) in [5, 5.41) is 0. The molecule has 0 bridgehead atoms. The summed E-state index contributed by atoms with van der Waals surface area (Å²) < 4.78 is 13.3. The van der Waals surface area contributed by atoms with E-state index in [-0.39, 0.29) is 5.82 Å². The minimum absolute atomic E-state index is 0.258. The van der Waals surface area contributed by atoms with Crippen LogP contribution in [0.4, 0.5) is 4.39 Å². The van der Waals surface area contributed by atoms with Crippen molar-refractivity contribution in [3.05, 3.63) is 53.8 Å². The van der Waals surface area contributed by atoms with Crippen LogP contribution < -0.4 is 5.73 Å². The molecule has 0 aliphatic carbocycles. The molecule has 3 aromatic rings. The largest absolute Gasteiger partial charge is 0.338 e. The molecule has 0 saturated carbocycles. The number of nitrogens with zero attached hydrogens (tertiary/aromatic N) is 1. The molecule has 0 amide bonds. The zero-order valence-corrected chi connectivity index (χ0v) is 11.1. The maximum atomic E-state index is 13.3. The second kappa shape index (κ2) is 5.43. The van der Waals surface area contributed by atoms with E-state index in [0.29, 0.717) is 12.4 Å². The summed E-state index contributed by atoms with van der Waals surface area (Å²) in [6, 6.07) is 12.6. The summed E-state index contributed by atoms with van der Waals surface area (Å²) in [6.45, 7) is 0.690. The van der Waals surface area contributed by atoms with Crippen molar-refractivity contribution >= 4 is 11.0 Å². The van der Waals surface area contributed by atoms with Crippen LogP contribution in [0.25, 0.3) is 22.4 Å². The highest BCUT2D eigenvalue weighted by atomic mass is 19.1. The maximum Gasteiger partial charge on any atom is 0.138 e. The second-order valence-electron chi connectivity index (χ2n) is 4.84. The Morgan fingerprint density at radius 2 is 2.05 bits per heavy atom. The molecule has 0 aliphatic heterocycles. The van der Waals surface area contributed by atoms with Crippen LogP contribution in [0.5, 0.6) is 0 Å². The van der Waals surface area contributed by atoms with Gasteiger partial charge in [-0.05, 0) is 49.2 Å². The molecule has 1 heterocycles. The standard InChI is InChI=1S/C16H16FN3/c17-13-5-1-4-12(10-13)16-19-14-7-6-11(3-2-8-18)9-15(14)20-16/h1,4-7,9-10H,2-3,8,18H2,(H,19,20). The molecule has 0 unspecified atom stereocenters. The Morgan fingerprint density at radius 1 is 1.15 bits per heavy atom. The number of benzene rings is 2. The van der Waals surface area contributed by atoms with Crippen molar-refractivity contribution in [2.24, 2.45) is 5.73 Å². The number of rotatable bonds is 4. The Bertz CT molecular complexity index is 733. The van der Waals surface area contributed by atoms with Gasteiger partial charge in [0.2, 0.25) is 0 Å². The molecule has 2 aromatic carbocycles. The number of halogens is 1. The third kappa shape index (κ3) is 2.56. The van der Waals surface area contributed by atoms with Crippen LogP contribution >= 0.6 is 0 Å². The summed E-state index contributed by atoms with van der Waals surface area (Å²) in [4.78, 5) is 7.75. The van der Waals surface area contributed by atoms with Crippen LogP contribution in [-0.2, 0) is 6.42 Å². The zero-order valence-electron chi connectivity index (χ0n) is 11.1. The Balaban J connectivity index is 1.98. The van der Waals surface area contributed by atoms with Crippen molar-refractivity contribution in [2.75, 3.05) is 6.54 Å². The molecule has 20 heavy (non-hydrogen) atoms. The molecule has 102 valence electrons. The predicted molar refractivity (Wildman–Crippen MR) is 78.9 cm³/mol. The quantitative estimate of drug-likeness (QED) is 0.763. The van der Waals surface area contributed by atoms with E-state index in [1.165, 1.54) is 17.7 Å². The van der Waals surface area contributed by atoms with Gasteiger partial charge >= 0.3 is 0 Å². The van der Waals surface area contributed by atoms with Crippen LogP contribution in [-0.4, -0.2) is 16.5 Å². The maximum absolute atomic E-state index is 13.3. The van der Waals surface area contributed by atoms with E-state index in [9.17, 15) is 4.39 Å². The van der Waals surface area contributed by atoms with Crippen LogP contribution in [0.15, 0.2) is 42.5 Å². The highest BCUT2D eigenvalue weighted by Crippen LogP contribution is 2.22. The summed E-state index contributed by atoms with van der Waals surface area (Å²) in [5.74, 6) is 0.432. The van der Waals surface area contributed by atoms with Gasteiger partial charge < -0.3 is 10.7 Å². The first-order valence-corrected chi connectivity index (χ1v) is 6.71. The van der Waals surface area contributed by atoms with Crippen molar-refractivity contribution in [1.82, 2.24) is 9.97 Å². The molecule has 0 spiro atoms. The van der Waals surface area contributed by atoms with Gasteiger partial charge in [0.1, 0.15) is 11.6 Å². The molecule has 0 fully saturated rings. The third-order valence-corrected chi connectivity index (χ3v) is 3.31. The van der Waals surface area contributed by atoms with E-state index in [0.717, 1.165) is 29.4 Å². The lowest BCUT2D eigenvalue weighted by molar-refractivity contribution is 0.628. The van der Waals surface area contributed by atoms with Crippen LogP contribution in [0.2, 0.25) is 0 Å². The number of aromatic nitrogens is 2. The number of imidazole rings is 1. The van der Waals surface area contributed by atoms with Gasteiger partial charge in [-0.25, -0.2) is 9.37 Å². The summed E-state index contributed by atoms with van der Waals surface area (Å²) in [5.41, 5.74) is 9.38. The Hall–Kier alpha value is -2.20. The molecule has 3 nitrogen and oxygen atoms in total. The van der Waals surface area contributed by atoms with Crippen molar-refractivity contribution in [1.29, 1.82) is 0 Å². The van der Waals surface area contributed by atoms with Gasteiger partial charge in [0, 0.05) is 5.56 Å². The van der Waals surface area contributed by atoms with Gasteiger partial charge in [-0.15, -0.1) is 0 Å². The monoisotopic (exact) mass is 269 g/mol. The minimum atomic E-state index is -0.258. The fraction of sp³-hybridized carbons (Fsp3) is 0.188. The van der Waals surface area contributed by atoms with E-state index < -0.39 is 0 Å². The van der Waals surface area contributed by atoms with Gasteiger partial charge in [0.15, 0.2) is 0 Å². The van der Waals surface area contributed by atoms with Gasteiger partial charge in [-0.3, -0.25) is 0 Å². The number of aryl methyl sites for hydroxylation is 1. The minimum Gasteiger partial charge on any atom is -0.338 e. The van der Waals surface area contributed by atoms with E-state index in [4.69, 9.17) is 5.73 Å². The van der Waals surface area contributed by atoms with E-state index in [2.05, 4.69) is 22.1 Å². The Morgan fingerprint density at radius 3 is 2.85 bits per heavy atom. The molecule has 3 N–H and O–H groups in total. The molecule has 4 heteroatoms. The van der Waals surface area contributed by atoms with Crippen molar-refractivity contribution in [2.45, 2.75) is 12.8 Å². The first-order valence-electron chi connectivity index (χ1n) is 6.71. The zero-order chi connectivity index (χ0) is 13.9. The van der Waals surface area contributed by atoms with Crippen LogP contribution in [0.3, 0.4) is 0 Å². The lowest BCUT2D eigenvalue weighted by Gasteiger charge is -1.98. The molecule has 3 rings (SSSR count). The number of nitrogens with one attached hydrogen (secondary N) is 1. The number of hydrogen-bond donors (Lipinski definition) is 2. The highest BCUT2D eigenvalue weighted by Gasteiger charge is 2.06. The summed E-state index contributed by atoms with van der Waals surface area (Å²) in [7, 11) is 0. The lowest BCUT2D eigenvalue weighted by Crippen LogP contribution is -2.00. The number of H-pyrrole nitrogens is 1. The molecule has 0 saturated heterocycles. The lowest BCUT2D eigenvalue weighted by atomic mass is 10.1. The van der Waals surface area contributed by atoms with Gasteiger partial charge in [0.25, 0.3) is 0 Å². The molecular weight excluding hydrogens is 253 g/mol. The number of fused-ring (bicyclic) bond motifs is 1. The number of hydrogen-bond acceptors (Lipinski definition) is 2. The average molecular weight is 269 g/mol. The average Bonchev–Trinajstić information content (AvgIpc) is 2.88. The molecular formula is C16H16FN3. The first-order chi connectivity index (χ1) is 9.76. The molecule has 1 aromatic heterocycles. The smallest absolute Gasteiger partial charge is 0.138 e. The van der Waals surface area contributed by atoms with Crippen molar-refractivity contribution in [3.63, 3.8) is 0 Å². The normalized spacial score (nSPS) is 11.1. The van der Waals surface area contributed by atoms with E-state index >= 15 is 0 Å². The van der Waals surface area contributed by atoms with E-state index in [1.54, 1.807) is 6.07 Å². The summed E-state index contributed by atoms with van der Waals surface area (Å²) >= 11 is 0. The first kappa shape index (κ1) is 12.8. The highest BCUT2D eigenvalue weighted by molar-refractivity contribution is 5.80. The van der Waals surface area contributed by atoms with Crippen molar-refractivity contribution < 1.29 is 4.39 Å².